The van der Waals surface area contributed by atoms with Gasteiger partial charge in [-0.3, -0.25) is 4.79 Å². The summed E-state index contributed by atoms with van der Waals surface area (Å²) < 4.78 is 11.7. The van der Waals surface area contributed by atoms with Gasteiger partial charge in [0.2, 0.25) is 17.6 Å². The lowest BCUT2D eigenvalue weighted by atomic mass is 10.1. The van der Waals surface area contributed by atoms with Crippen molar-refractivity contribution in [2.24, 2.45) is 0 Å². The van der Waals surface area contributed by atoms with Crippen molar-refractivity contribution in [1.29, 1.82) is 0 Å². The van der Waals surface area contributed by atoms with Crippen LogP contribution in [0.25, 0.3) is 11.4 Å². The summed E-state index contributed by atoms with van der Waals surface area (Å²) in [4.78, 5) is 18.4. The normalized spacial score (nSPS) is 10.6. The Morgan fingerprint density at radius 1 is 1.22 bits per heavy atom. The Morgan fingerprint density at radius 3 is 2.70 bits per heavy atom. The Bertz CT molecular complexity index is 909. The maximum absolute atomic E-state index is 12.4. The minimum Gasteiger partial charge on any atom is -0.494 e. The molecule has 1 aromatic heterocycles. The van der Waals surface area contributed by atoms with Crippen molar-refractivity contribution < 1.29 is 14.1 Å². The maximum atomic E-state index is 12.4. The molecule has 0 aliphatic carbocycles. The fraction of sp³-hybridized carbons (Fsp3) is 0.250. The maximum Gasteiger partial charge on any atom is 0.246 e. The molecule has 0 radical (unpaired) electrons. The number of rotatable bonds is 7. The van der Waals surface area contributed by atoms with E-state index in [9.17, 15) is 4.79 Å². The Balaban J connectivity index is 1.61. The highest BCUT2D eigenvalue weighted by molar-refractivity contribution is 9.10. The second-order valence-corrected chi connectivity index (χ2v) is 6.94. The van der Waals surface area contributed by atoms with E-state index in [2.05, 4.69) is 26.1 Å². The first-order valence-electron chi connectivity index (χ1n) is 8.59. The van der Waals surface area contributed by atoms with Crippen LogP contribution < -0.4 is 4.74 Å². The molecule has 0 aliphatic rings. The Kier molecular flexibility index (Phi) is 6.24. The van der Waals surface area contributed by atoms with E-state index in [1.165, 1.54) is 0 Å². The topological polar surface area (TPSA) is 68.5 Å². The van der Waals surface area contributed by atoms with Crippen molar-refractivity contribution >= 4 is 21.8 Å². The predicted molar refractivity (Wildman–Crippen MR) is 105 cm³/mol. The van der Waals surface area contributed by atoms with Gasteiger partial charge in [0.15, 0.2) is 0 Å². The van der Waals surface area contributed by atoms with Crippen LogP contribution >= 0.6 is 15.9 Å². The summed E-state index contributed by atoms with van der Waals surface area (Å²) in [6.07, 6.45) is 0.315. The molecule has 0 saturated carbocycles. The van der Waals surface area contributed by atoms with Crippen LogP contribution in [0.15, 0.2) is 57.5 Å². The molecule has 3 rings (SSSR count). The van der Waals surface area contributed by atoms with E-state index in [1.54, 1.807) is 11.9 Å². The van der Waals surface area contributed by atoms with Crippen molar-refractivity contribution in [3.05, 3.63) is 64.5 Å². The Morgan fingerprint density at radius 2 is 2.00 bits per heavy atom. The average molecular weight is 430 g/mol. The molecule has 1 heterocycles. The van der Waals surface area contributed by atoms with Gasteiger partial charge in [0, 0.05) is 17.1 Å². The molecule has 2 aromatic carbocycles. The van der Waals surface area contributed by atoms with Crippen LogP contribution in [-0.4, -0.2) is 34.6 Å². The molecule has 0 saturated heterocycles. The van der Waals surface area contributed by atoms with Gasteiger partial charge >= 0.3 is 0 Å². The summed E-state index contributed by atoms with van der Waals surface area (Å²) in [5, 5.41) is 4.00. The largest absolute Gasteiger partial charge is 0.494 e. The second-order valence-electron chi connectivity index (χ2n) is 6.03. The van der Waals surface area contributed by atoms with Gasteiger partial charge in [0.05, 0.1) is 19.6 Å². The van der Waals surface area contributed by atoms with E-state index in [1.807, 2.05) is 55.5 Å². The third kappa shape index (κ3) is 5.17. The first-order valence-corrected chi connectivity index (χ1v) is 9.38. The number of hydrogen-bond acceptors (Lipinski definition) is 5. The van der Waals surface area contributed by atoms with Gasteiger partial charge in [-0.1, -0.05) is 33.2 Å². The SMILES string of the molecule is CCOc1ccc(-c2noc(CN(C)C(=O)Cc3cccc(Br)c3)n2)cc1. The summed E-state index contributed by atoms with van der Waals surface area (Å²) in [5.41, 5.74) is 1.78. The van der Waals surface area contributed by atoms with Gasteiger partial charge in [0.25, 0.3) is 0 Å². The number of hydrogen-bond donors (Lipinski definition) is 0. The van der Waals surface area contributed by atoms with Crippen LogP contribution in [-0.2, 0) is 17.8 Å². The lowest BCUT2D eigenvalue weighted by Gasteiger charge is -2.14. The molecule has 3 aromatic rings. The number of aromatic nitrogens is 2. The highest BCUT2D eigenvalue weighted by atomic mass is 79.9. The van der Waals surface area contributed by atoms with Crippen LogP contribution in [0.4, 0.5) is 0 Å². The number of carbonyl (C=O) groups is 1. The first kappa shape index (κ1) is 19.1. The van der Waals surface area contributed by atoms with Crippen LogP contribution in [0, 0.1) is 0 Å². The second kappa shape index (κ2) is 8.81. The molecule has 0 bridgehead atoms. The van der Waals surface area contributed by atoms with E-state index in [4.69, 9.17) is 9.26 Å². The molecule has 140 valence electrons. The number of benzene rings is 2. The van der Waals surface area contributed by atoms with Gasteiger partial charge < -0.3 is 14.2 Å². The molecular formula is C20H20BrN3O3. The van der Waals surface area contributed by atoms with Gasteiger partial charge in [-0.15, -0.1) is 0 Å². The van der Waals surface area contributed by atoms with E-state index < -0.39 is 0 Å². The zero-order valence-corrected chi connectivity index (χ0v) is 16.8. The van der Waals surface area contributed by atoms with Crippen LogP contribution in [0.1, 0.15) is 18.4 Å². The van der Waals surface area contributed by atoms with Crippen molar-refractivity contribution in [3.8, 4) is 17.1 Å². The van der Waals surface area contributed by atoms with Crippen LogP contribution in [0.5, 0.6) is 5.75 Å². The molecule has 0 atom stereocenters. The highest BCUT2D eigenvalue weighted by Gasteiger charge is 2.15. The van der Waals surface area contributed by atoms with Gasteiger partial charge in [-0.2, -0.15) is 4.98 Å². The number of carbonyl (C=O) groups excluding carboxylic acids is 1. The smallest absolute Gasteiger partial charge is 0.246 e. The highest BCUT2D eigenvalue weighted by Crippen LogP contribution is 2.20. The van der Waals surface area contributed by atoms with Crippen molar-refractivity contribution in [2.45, 2.75) is 19.9 Å². The minimum atomic E-state index is -0.0195. The summed E-state index contributed by atoms with van der Waals surface area (Å²) in [6.45, 7) is 2.82. The van der Waals surface area contributed by atoms with Crippen molar-refractivity contribution in [3.63, 3.8) is 0 Å². The molecule has 0 fully saturated rings. The summed E-state index contributed by atoms with van der Waals surface area (Å²) >= 11 is 3.41. The fourth-order valence-corrected chi connectivity index (χ4v) is 3.00. The third-order valence-corrected chi connectivity index (χ3v) is 4.43. The third-order valence-electron chi connectivity index (χ3n) is 3.93. The van der Waals surface area contributed by atoms with E-state index >= 15 is 0 Å². The number of ether oxygens (including phenoxy) is 1. The summed E-state index contributed by atoms with van der Waals surface area (Å²) in [6, 6.07) is 15.2. The first-order chi connectivity index (χ1) is 13.0. The van der Waals surface area contributed by atoms with Gasteiger partial charge in [0.1, 0.15) is 5.75 Å². The minimum absolute atomic E-state index is 0.0195. The summed E-state index contributed by atoms with van der Waals surface area (Å²) in [7, 11) is 1.72. The van der Waals surface area contributed by atoms with Crippen molar-refractivity contribution in [1.82, 2.24) is 15.0 Å². The van der Waals surface area contributed by atoms with E-state index in [-0.39, 0.29) is 12.5 Å². The number of likely N-dealkylation sites (N-methyl/N-ethyl adjacent to an activating group) is 1. The van der Waals surface area contributed by atoms with Gasteiger partial charge in [-0.05, 0) is 48.9 Å². The van der Waals surface area contributed by atoms with Crippen LogP contribution in [0.3, 0.4) is 0 Å². The molecule has 0 N–H and O–H groups in total. The molecule has 0 aliphatic heterocycles. The monoisotopic (exact) mass is 429 g/mol. The van der Waals surface area contributed by atoms with E-state index in [0.29, 0.717) is 24.7 Å². The fourth-order valence-electron chi connectivity index (χ4n) is 2.55. The molecule has 1 amide bonds. The zero-order chi connectivity index (χ0) is 19.2. The quantitative estimate of drug-likeness (QED) is 0.565. The Hall–Kier alpha value is -2.67. The molecule has 6 nitrogen and oxygen atoms in total. The molecule has 0 spiro atoms. The number of halogens is 1. The number of nitrogens with zero attached hydrogens (tertiary/aromatic N) is 3. The Labute approximate surface area is 166 Å². The molecule has 7 heteroatoms. The molecule has 0 unspecified atom stereocenters. The lowest BCUT2D eigenvalue weighted by Crippen LogP contribution is -2.27. The summed E-state index contributed by atoms with van der Waals surface area (Å²) in [5.74, 6) is 1.65. The van der Waals surface area contributed by atoms with Crippen LogP contribution in [0.2, 0.25) is 0 Å². The predicted octanol–water partition coefficient (Wildman–Crippen LogP) is 4.10. The van der Waals surface area contributed by atoms with E-state index in [0.717, 1.165) is 21.3 Å². The van der Waals surface area contributed by atoms with Gasteiger partial charge in [-0.25, -0.2) is 0 Å². The standard InChI is InChI=1S/C20H20BrN3O3/c1-3-26-17-9-7-15(8-10-17)20-22-18(27-23-20)13-24(2)19(25)12-14-5-4-6-16(21)11-14/h4-11H,3,12-13H2,1-2H3. The average Bonchev–Trinajstić information content (AvgIpc) is 3.11. The lowest BCUT2D eigenvalue weighted by molar-refractivity contribution is -0.130. The molecule has 27 heavy (non-hydrogen) atoms. The molecular weight excluding hydrogens is 410 g/mol. The number of amides is 1. The van der Waals surface area contributed by atoms with Crippen molar-refractivity contribution in [2.75, 3.05) is 13.7 Å². The zero-order valence-electron chi connectivity index (χ0n) is 15.2.